The topological polar surface area (TPSA) is 157 Å². The lowest BCUT2D eigenvalue weighted by atomic mass is 9.82. The van der Waals surface area contributed by atoms with Crippen LogP contribution in [0.4, 0.5) is 0 Å². The van der Waals surface area contributed by atoms with Crippen LogP contribution in [-0.4, -0.2) is 58.9 Å². The molecule has 27 heavy (non-hydrogen) atoms. The fraction of sp³-hybridized carbons (Fsp3) is 0.500. The van der Waals surface area contributed by atoms with Gasteiger partial charge in [-0.1, -0.05) is 0 Å². The van der Waals surface area contributed by atoms with Crippen molar-refractivity contribution >= 4 is 17.7 Å². The molecule has 6 N–H and O–H groups in total. The molecule has 1 rings (SSSR count). The Morgan fingerprint density at radius 3 is 0.963 bits per heavy atom. The van der Waals surface area contributed by atoms with E-state index >= 15 is 0 Å². The van der Waals surface area contributed by atoms with E-state index in [9.17, 15) is 14.4 Å². The van der Waals surface area contributed by atoms with Gasteiger partial charge in [0.1, 0.15) is 0 Å². The Balaban J connectivity index is 3.99. The van der Waals surface area contributed by atoms with Crippen molar-refractivity contribution < 1.29 is 28.6 Å². The highest BCUT2D eigenvalue weighted by Gasteiger charge is 2.30. The van der Waals surface area contributed by atoms with Gasteiger partial charge in [-0.25, -0.2) is 0 Å². The third-order valence-electron chi connectivity index (χ3n) is 4.22. The summed E-state index contributed by atoms with van der Waals surface area (Å²) in [5.74, 6) is -2.35. The Morgan fingerprint density at radius 2 is 0.815 bits per heavy atom. The molecule has 1 aromatic rings. The summed E-state index contributed by atoms with van der Waals surface area (Å²) in [6.07, 6.45) is 0.643. The van der Waals surface area contributed by atoms with Gasteiger partial charge in [-0.05, 0) is 36.0 Å². The van der Waals surface area contributed by atoms with Crippen LogP contribution in [0.2, 0.25) is 0 Å². The van der Waals surface area contributed by atoms with E-state index in [4.69, 9.17) is 31.4 Å². The van der Waals surface area contributed by atoms with E-state index in [1.165, 1.54) is 21.3 Å². The lowest BCUT2D eigenvalue weighted by Gasteiger charge is -2.23. The number of ether oxygens (including phenoxy) is 3. The maximum atomic E-state index is 12.3. The van der Waals surface area contributed by atoms with Crippen molar-refractivity contribution in [3.63, 3.8) is 0 Å². The first-order valence-corrected chi connectivity index (χ1v) is 8.38. The minimum absolute atomic E-state index is 0.0628. The minimum atomic E-state index is -0.782. The second-order valence-electron chi connectivity index (χ2n) is 5.88. The molecule has 0 aromatic heterocycles. The molecule has 0 bridgehead atoms. The van der Waals surface area contributed by atoms with Gasteiger partial charge in [0.25, 0.3) is 0 Å². The van der Waals surface area contributed by atoms with Crippen molar-refractivity contribution in [3.8, 4) is 0 Å². The average molecular weight is 381 g/mol. The van der Waals surface area contributed by atoms with Gasteiger partial charge >= 0.3 is 0 Å². The zero-order valence-corrected chi connectivity index (χ0v) is 15.9. The van der Waals surface area contributed by atoms with Crippen LogP contribution in [0.3, 0.4) is 0 Å². The highest BCUT2D eigenvalue weighted by Crippen LogP contribution is 2.30. The second-order valence-corrected chi connectivity index (χ2v) is 5.88. The van der Waals surface area contributed by atoms with Gasteiger partial charge in [-0.2, -0.15) is 0 Å². The Morgan fingerprint density at radius 1 is 0.593 bits per heavy atom. The van der Waals surface area contributed by atoms with E-state index in [2.05, 4.69) is 0 Å². The third-order valence-corrected chi connectivity index (χ3v) is 4.22. The SMILES string of the molecule is COCCc1c(C(N)=O)c(CCOC)c(C(N)=O)c(CCOC)c1C(N)=O. The maximum absolute atomic E-state index is 12.3. The maximum Gasteiger partial charge on any atom is 0.249 e. The molecule has 0 heterocycles. The molecule has 9 nitrogen and oxygen atoms in total. The summed E-state index contributed by atoms with van der Waals surface area (Å²) in [4.78, 5) is 36.8. The van der Waals surface area contributed by atoms with Crippen molar-refractivity contribution in [1.82, 2.24) is 0 Å². The molecule has 3 amide bonds. The first-order chi connectivity index (χ1) is 12.8. The Labute approximate surface area is 158 Å². The number of methoxy groups -OCH3 is 3. The van der Waals surface area contributed by atoms with Gasteiger partial charge in [0, 0.05) is 38.0 Å². The molecule has 150 valence electrons. The first kappa shape index (κ1) is 22.6. The molecule has 0 fully saturated rings. The van der Waals surface area contributed by atoms with Crippen molar-refractivity contribution in [3.05, 3.63) is 33.4 Å². The number of nitrogens with two attached hydrogens (primary N) is 3. The van der Waals surface area contributed by atoms with Crippen molar-refractivity contribution in [1.29, 1.82) is 0 Å². The highest BCUT2D eigenvalue weighted by atomic mass is 16.5. The third kappa shape index (κ3) is 5.25. The largest absolute Gasteiger partial charge is 0.384 e. The van der Waals surface area contributed by atoms with E-state index in [1.807, 2.05) is 0 Å². The normalized spacial score (nSPS) is 10.8. The molecule has 0 aliphatic carbocycles. The van der Waals surface area contributed by atoms with E-state index in [0.717, 1.165) is 0 Å². The zero-order chi connectivity index (χ0) is 20.6. The molecule has 0 atom stereocenters. The van der Waals surface area contributed by atoms with Crippen LogP contribution in [0.15, 0.2) is 0 Å². The van der Waals surface area contributed by atoms with Crippen LogP contribution in [0, 0.1) is 0 Å². The number of rotatable bonds is 12. The van der Waals surface area contributed by atoms with E-state index in [0.29, 0.717) is 16.7 Å². The van der Waals surface area contributed by atoms with Crippen molar-refractivity contribution in [2.24, 2.45) is 17.2 Å². The summed E-state index contributed by atoms with van der Waals surface area (Å²) in [5, 5.41) is 0. The average Bonchev–Trinajstić information content (AvgIpc) is 2.60. The summed E-state index contributed by atoms with van der Waals surface area (Å²) in [7, 11) is 4.47. The predicted octanol–water partition coefficient (Wildman–Crippen LogP) is -0.450. The number of carbonyl (C=O) groups is 3. The molecular weight excluding hydrogens is 354 g/mol. The number of carbonyl (C=O) groups excluding carboxylic acids is 3. The van der Waals surface area contributed by atoms with Gasteiger partial charge in [-0.15, -0.1) is 0 Å². The number of benzene rings is 1. The number of hydrogen-bond acceptors (Lipinski definition) is 6. The quantitative estimate of drug-likeness (QED) is 0.445. The molecule has 1 aromatic carbocycles. The summed E-state index contributed by atoms with van der Waals surface area (Å²) < 4.78 is 15.3. The Kier molecular flexibility index (Phi) is 8.86. The fourth-order valence-corrected chi connectivity index (χ4v) is 3.18. The lowest BCUT2D eigenvalue weighted by molar-refractivity contribution is 0.0996. The van der Waals surface area contributed by atoms with Crippen LogP contribution in [0.1, 0.15) is 47.8 Å². The molecule has 0 spiro atoms. The van der Waals surface area contributed by atoms with E-state index in [-0.39, 0.29) is 55.8 Å². The van der Waals surface area contributed by atoms with Crippen molar-refractivity contribution in [2.45, 2.75) is 19.3 Å². The lowest BCUT2D eigenvalue weighted by Crippen LogP contribution is -2.30. The van der Waals surface area contributed by atoms with Gasteiger partial charge in [-0.3, -0.25) is 14.4 Å². The highest BCUT2D eigenvalue weighted by molar-refractivity contribution is 6.09. The summed E-state index contributed by atoms with van der Waals surface area (Å²) >= 11 is 0. The summed E-state index contributed by atoms with van der Waals surface area (Å²) in [6, 6.07) is 0. The van der Waals surface area contributed by atoms with Crippen LogP contribution < -0.4 is 17.2 Å². The Bertz CT molecular complexity index is 601. The van der Waals surface area contributed by atoms with Gasteiger partial charge in [0.05, 0.1) is 19.8 Å². The number of hydrogen-bond donors (Lipinski definition) is 3. The van der Waals surface area contributed by atoms with Gasteiger partial charge in [0.15, 0.2) is 0 Å². The second kappa shape index (κ2) is 10.6. The number of amides is 3. The van der Waals surface area contributed by atoms with E-state index in [1.54, 1.807) is 0 Å². The smallest absolute Gasteiger partial charge is 0.249 e. The van der Waals surface area contributed by atoms with Crippen LogP contribution >= 0.6 is 0 Å². The monoisotopic (exact) mass is 381 g/mol. The van der Waals surface area contributed by atoms with Gasteiger partial charge in [0.2, 0.25) is 17.7 Å². The molecule has 0 radical (unpaired) electrons. The van der Waals surface area contributed by atoms with Crippen LogP contribution in [0.5, 0.6) is 0 Å². The van der Waals surface area contributed by atoms with Crippen LogP contribution in [-0.2, 0) is 33.5 Å². The van der Waals surface area contributed by atoms with E-state index < -0.39 is 17.7 Å². The van der Waals surface area contributed by atoms with Gasteiger partial charge < -0.3 is 31.4 Å². The summed E-state index contributed by atoms with van der Waals surface area (Å²) in [5.41, 5.74) is 18.0. The Hall–Kier alpha value is -2.49. The van der Waals surface area contributed by atoms with Crippen LogP contribution in [0.25, 0.3) is 0 Å². The molecule has 0 aliphatic heterocycles. The fourth-order valence-electron chi connectivity index (χ4n) is 3.18. The number of primary amides is 3. The standard InChI is InChI=1S/C18H27N3O6/c1-25-7-4-10-13(16(19)22)11(5-8-26-2)15(18(21)24)12(6-9-27-3)14(10)17(20)23/h4-9H2,1-3H3,(H2,19,22)(H2,20,23)(H2,21,24). The first-order valence-electron chi connectivity index (χ1n) is 8.38. The predicted molar refractivity (Wildman–Crippen MR) is 98.7 cm³/mol. The molecule has 0 saturated carbocycles. The molecule has 0 aliphatic rings. The molecule has 0 saturated heterocycles. The van der Waals surface area contributed by atoms with Crippen molar-refractivity contribution in [2.75, 3.05) is 41.2 Å². The molecule has 9 heteroatoms. The minimum Gasteiger partial charge on any atom is -0.384 e. The molecule has 0 unspecified atom stereocenters. The zero-order valence-electron chi connectivity index (χ0n) is 15.9. The summed E-state index contributed by atoms with van der Waals surface area (Å²) in [6.45, 7) is 0.678. The molecular formula is C18H27N3O6.